The van der Waals surface area contributed by atoms with Gasteiger partial charge in [-0.05, 0) is 19.8 Å². The van der Waals surface area contributed by atoms with E-state index in [9.17, 15) is 4.79 Å². The molecule has 0 aromatic heterocycles. The van der Waals surface area contributed by atoms with Crippen molar-refractivity contribution in [3.63, 3.8) is 0 Å². The zero-order valence-corrected chi connectivity index (χ0v) is 6.26. The quantitative estimate of drug-likeness (QED) is 0.540. The van der Waals surface area contributed by atoms with Crippen molar-refractivity contribution in [3.8, 4) is 0 Å². The average Bonchev–Trinajstić information content (AvgIpc) is 1.94. The molecule has 0 aliphatic heterocycles. The number of Topliss-reactive ketones (excluding diaryl/α,β-unsaturated/α-hetero) is 1. The van der Waals surface area contributed by atoms with Crippen LogP contribution in [0.1, 0.15) is 26.2 Å². The average molecular weight is 136 g/mol. The van der Waals surface area contributed by atoms with Crippen molar-refractivity contribution in [2.75, 3.05) is 0 Å². The molecule has 0 fully saturated rings. The van der Waals surface area contributed by atoms with E-state index in [0.717, 1.165) is 24.8 Å². The van der Waals surface area contributed by atoms with Crippen LogP contribution in [0.25, 0.3) is 0 Å². The molecule has 1 aliphatic rings. The molecule has 0 saturated carbocycles. The van der Waals surface area contributed by atoms with Crippen LogP contribution in [0.2, 0.25) is 0 Å². The Morgan fingerprint density at radius 3 is 3.00 bits per heavy atom. The van der Waals surface area contributed by atoms with E-state index in [1.165, 1.54) is 0 Å². The van der Waals surface area contributed by atoms with E-state index < -0.39 is 0 Å². The van der Waals surface area contributed by atoms with Crippen molar-refractivity contribution in [1.82, 2.24) is 0 Å². The summed E-state index contributed by atoms with van der Waals surface area (Å²) >= 11 is 0. The first-order valence-corrected chi connectivity index (χ1v) is 3.70. The molecular weight excluding hydrogens is 124 g/mol. The van der Waals surface area contributed by atoms with Gasteiger partial charge in [0, 0.05) is 12.0 Å². The summed E-state index contributed by atoms with van der Waals surface area (Å²) in [4.78, 5) is 11.1. The lowest BCUT2D eigenvalue weighted by molar-refractivity contribution is -0.115. The highest BCUT2D eigenvalue weighted by atomic mass is 16.1. The zero-order chi connectivity index (χ0) is 7.40. The Morgan fingerprint density at radius 2 is 2.40 bits per heavy atom. The van der Waals surface area contributed by atoms with Crippen molar-refractivity contribution in [1.29, 1.82) is 0 Å². The number of allylic oxidation sites excluding steroid dienone is 4. The summed E-state index contributed by atoms with van der Waals surface area (Å²) in [6.45, 7) is 1.93. The SMILES string of the molecule is CC=CC1=CCCCC1=O. The molecule has 0 amide bonds. The Morgan fingerprint density at radius 1 is 1.60 bits per heavy atom. The van der Waals surface area contributed by atoms with Crippen LogP contribution in [0.4, 0.5) is 0 Å². The molecule has 0 aromatic carbocycles. The van der Waals surface area contributed by atoms with Crippen molar-refractivity contribution >= 4 is 5.78 Å². The van der Waals surface area contributed by atoms with Crippen LogP contribution >= 0.6 is 0 Å². The lowest BCUT2D eigenvalue weighted by atomic mass is 9.98. The van der Waals surface area contributed by atoms with Gasteiger partial charge in [0.2, 0.25) is 0 Å². The molecule has 0 radical (unpaired) electrons. The fraction of sp³-hybridized carbons (Fsp3) is 0.444. The molecule has 0 heterocycles. The molecule has 54 valence electrons. The number of carbonyl (C=O) groups is 1. The van der Waals surface area contributed by atoms with Crippen molar-refractivity contribution in [2.24, 2.45) is 0 Å². The van der Waals surface area contributed by atoms with Crippen LogP contribution in [-0.2, 0) is 4.79 Å². The smallest absolute Gasteiger partial charge is 0.162 e. The van der Waals surface area contributed by atoms with E-state index in [1.807, 2.05) is 25.2 Å². The highest BCUT2D eigenvalue weighted by Gasteiger charge is 2.09. The van der Waals surface area contributed by atoms with E-state index in [2.05, 4.69) is 0 Å². The summed E-state index contributed by atoms with van der Waals surface area (Å²) in [5.41, 5.74) is 0.897. The normalized spacial score (nSPS) is 19.7. The lowest BCUT2D eigenvalue weighted by Crippen LogP contribution is -2.04. The summed E-state index contributed by atoms with van der Waals surface area (Å²) < 4.78 is 0. The number of carbonyl (C=O) groups excluding carboxylic acids is 1. The summed E-state index contributed by atoms with van der Waals surface area (Å²) in [5, 5.41) is 0. The fourth-order valence-electron chi connectivity index (χ4n) is 1.12. The summed E-state index contributed by atoms with van der Waals surface area (Å²) in [6.07, 6.45) is 8.64. The molecule has 0 bridgehead atoms. The summed E-state index contributed by atoms with van der Waals surface area (Å²) in [5.74, 6) is 0.296. The molecule has 1 nitrogen and oxygen atoms in total. The van der Waals surface area contributed by atoms with Gasteiger partial charge in [0.15, 0.2) is 5.78 Å². The highest BCUT2D eigenvalue weighted by Crippen LogP contribution is 2.14. The lowest BCUT2D eigenvalue weighted by Gasteiger charge is -2.06. The first kappa shape index (κ1) is 7.26. The minimum absolute atomic E-state index is 0.296. The van der Waals surface area contributed by atoms with E-state index in [1.54, 1.807) is 0 Å². The Bertz CT molecular complexity index is 187. The van der Waals surface area contributed by atoms with Gasteiger partial charge in [0.05, 0.1) is 0 Å². The Balaban J connectivity index is 2.71. The summed E-state index contributed by atoms with van der Waals surface area (Å²) in [6, 6.07) is 0. The topological polar surface area (TPSA) is 17.1 Å². The molecule has 1 heteroatoms. The maximum absolute atomic E-state index is 11.1. The van der Waals surface area contributed by atoms with E-state index >= 15 is 0 Å². The van der Waals surface area contributed by atoms with E-state index in [-0.39, 0.29) is 0 Å². The standard InChI is InChI=1S/C9H12O/c1-2-5-8-6-3-4-7-9(8)10/h2,5-6H,3-4,7H2,1H3. The molecule has 0 atom stereocenters. The molecule has 0 spiro atoms. The van der Waals surface area contributed by atoms with Gasteiger partial charge >= 0.3 is 0 Å². The van der Waals surface area contributed by atoms with Gasteiger partial charge in [-0.2, -0.15) is 0 Å². The molecule has 1 aliphatic carbocycles. The minimum atomic E-state index is 0.296. The third kappa shape index (κ3) is 1.56. The fourth-order valence-corrected chi connectivity index (χ4v) is 1.12. The summed E-state index contributed by atoms with van der Waals surface area (Å²) in [7, 11) is 0. The van der Waals surface area contributed by atoms with Crippen LogP contribution in [0.3, 0.4) is 0 Å². The third-order valence-electron chi connectivity index (χ3n) is 1.64. The van der Waals surface area contributed by atoms with Crippen LogP contribution in [0.5, 0.6) is 0 Å². The molecule has 10 heavy (non-hydrogen) atoms. The van der Waals surface area contributed by atoms with Crippen LogP contribution < -0.4 is 0 Å². The van der Waals surface area contributed by atoms with Gasteiger partial charge in [-0.1, -0.05) is 18.2 Å². The monoisotopic (exact) mass is 136 g/mol. The maximum Gasteiger partial charge on any atom is 0.162 e. The second-order valence-corrected chi connectivity index (χ2v) is 2.47. The van der Waals surface area contributed by atoms with E-state index in [0.29, 0.717) is 5.78 Å². The van der Waals surface area contributed by atoms with E-state index in [4.69, 9.17) is 0 Å². The first-order valence-electron chi connectivity index (χ1n) is 3.70. The van der Waals surface area contributed by atoms with Crippen molar-refractivity contribution in [2.45, 2.75) is 26.2 Å². The Labute approximate surface area is 61.4 Å². The van der Waals surface area contributed by atoms with Gasteiger partial charge in [-0.25, -0.2) is 0 Å². The van der Waals surface area contributed by atoms with Crippen LogP contribution in [-0.4, -0.2) is 5.78 Å². The van der Waals surface area contributed by atoms with Gasteiger partial charge in [0.25, 0.3) is 0 Å². The Kier molecular flexibility index (Phi) is 2.43. The van der Waals surface area contributed by atoms with Crippen molar-refractivity contribution < 1.29 is 4.79 Å². The second-order valence-electron chi connectivity index (χ2n) is 2.47. The van der Waals surface area contributed by atoms with Gasteiger partial charge in [0.1, 0.15) is 0 Å². The van der Waals surface area contributed by atoms with Crippen molar-refractivity contribution in [3.05, 3.63) is 23.8 Å². The van der Waals surface area contributed by atoms with Gasteiger partial charge < -0.3 is 0 Å². The predicted molar refractivity (Wildman–Crippen MR) is 41.8 cm³/mol. The van der Waals surface area contributed by atoms with Gasteiger partial charge in [-0.3, -0.25) is 4.79 Å². The molecular formula is C9H12O. The Hall–Kier alpha value is -0.850. The predicted octanol–water partition coefficient (Wildman–Crippen LogP) is 2.24. The molecule has 0 saturated heterocycles. The number of ketones is 1. The number of hydrogen-bond donors (Lipinski definition) is 0. The molecule has 0 aromatic rings. The molecule has 1 rings (SSSR count). The largest absolute Gasteiger partial charge is 0.294 e. The van der Waals surface area contributed by atoms with Crippen LogP contribution in [0, 0.1) is 0 Å². The number of rotatable bonds is 1. The highest BCUT2D eigenvalue weighted by molar-refractivity contribution is 5.98. The van der Waals surface area contributed by atoms with Crippen LogP contribution in [0.15, 0.2) is 23.8 Å². The second kappa shape index (κ2) is 3.35. The molecule has 0 unspecified atom stereocenters. The zero-order valence-electron chi connectivity index (χ0n) is 6.26. The first-order chi connectivity index (χ1) is 4.84. The maximum atomic E-state index is 11.1. The number of hydrogen-bond acceptors (Lipinski definition) is 1. The minimum Gasteiger partial charge on any atom is -0.294 e. The molecule has 0 N–H and O–H groups in total. The van der Waals surface area contributed by atoms with Gasteiger partial charge in [-0.15, -0.1) is 0 Å². The third-order valence-corrected chi connectivity index (χ3v) is 1.64.